The second kappa shape index (κ2) is 16.4. The summed E-state index contributed by atoms with van der Waals surface area (Å²) in [5.74, 6) is 0.534. The van der Waals surface area contributed by atoms with Crippen molar-refractivity contribution in [3.63, 3.8) is 0 Å². The lowest BCUT2D eigenvalue weighted by molar-refractivity contribution is 0.0942. The van der Waals surface area contributed by atoms with Crippen LogP contribution in [0.15, 0.2) is 102 Å². The molecule has 9 nitrogen and oxygen atoms in total. The van der Waals surface area contributed by atoms with Crippen LogP contribution >= 0.6 is 34.8 Å². The van der Waals surface area contributed by atoms with Gasteiger partial charge >= 0.3 is 0 Å². The number of rotatable bonds is 9. The van der Waals surface area contributed by atoms with E-state index in [1.165, 1.54) is 30.1 Å². The number of hydrogen-bond acceptors (Lipinski definition) is 6. The minimum absolute atomic E-state index is 0.219. The smallest absolute Gasteiger partial charge is 0.253 e. The van der Waals surface area contributed by atoms with Crippen LogP contribution in [0.3, 0.4) is 0 Å². The van der Waals surface area contributed by atoms with Crippen molar-refractivity contribution in [2.45, 2.75) is 26.4 Å². The number of nitrogens with one attached hydrogen (secondary N) is 3. The third kappa shape index (κ3) is 10.2. The number of aromatic amines is 1. The van der Waals surface area contributed by atoms with Crippen molar-refractivity contribution in [1.82, 2.24) is 25.6 Å². The van der Waals surface area contributed by atoms with Gasteiger partial charge in [-0.1, -0.05) is 59.9 Å². The number of aryl methyl sites for hydroxylation is 1. The maximum absolute atomic E-state index is 12.3. The van der Waals surface area contributed by atoms with Gasteiger partial charge in [0.1, 0.15) is 5.75 Å². The Morgan fingerprint density at radius 3 is 2.02 bits per heavy atom. The molecule has 0 radical (unpaired) electrons. The second-order valence-corrected chi connectivity index (χ2v) is 10.7. The van der Waals surface area contributed by atoms with Crippen molar-refractivity contribution < 1.29 is 14.3 Å². The normalized spacial score (nSPS) is 10.3. The molecule has 12 heteroatoms. The number of benzene rings is 2. The Morgan fingerprint density at radius 2 is 1.44 bits per heavy atom. The summed E-state index contributed by atoms with van der Waals surface area (Å²) < 4.78 is 5.58. The van der Waals surface area contributed by atoms with E-state index in [2.05, 4.69) is 32.5 Å². The van der Waals surface area contributed by atoms with E-state index < -0.39 is 0 Å². The third-order valence-electron chi connectivity index (χ3n) is 6.34. The molecule has 2 aromatic carbocycles. The van der Waals surface area contributed by atoms with Crippen LogP contribution in [0, 0.1) is 0 Å². The number of ether oxygens (including phenoxy) is 1. The first-order valence-electron chi connectivity index (χ1n) is 13.7. The molecule has 0 spiro atoms. The van der Waals surface area contributed by atoms with Crippen LogP contribution < -0.4 is 20.9 Å². The summed E-state index contributed by atoms with van der Waals surface area (Å²) in [7, 11) is 0. The molecule has 0 unspecified atom stereocenters. The molecule has 230 valence electrons. The molecule has 0 atom stereocenters. The van der Waals surface area contributed by atoms with Crippen LogP contribution in [-0.2, 0) is 19.5 Å². The van der Waals surface area contributed by atoms with E-state index in [4.69, 9.17) is 39.5 Å². The molecular formula is C33H28Cl3N5O4. The highest BCUT2D eigenvalue weighted by atomic mass is 35.5. The number of aromatic nitrogens is 3. The van der Waals surface area contributed by atoms with E-state index in [1.807, 2.05) is 18.2 Å². The van der Waals surface area contributed by atoms with Crippen LogP contribution in [0.25, 0.3) is 0 Å². The number of carbonyl (C=O) groups is 2. The highest BCUT2D eigenvalue weighted by Gasteiger charge is 2.09. The molecule has 2 amide bonds. The number of pyridine rings is 3. The minimum atomic E-state index is -0.290. The predicted molar refractivity (Wildman–Crippen MR) is 175 cm³/mol. The quantitative estimate of drug-likeness (QED) is 0.155. The summed E-state index contributed by atoms with van der Waals surface area (Å²) in [6.45, 7) is 2.72. The molecule has 0 bridgehead atoms. The van der Waals surface area contributed by atoms with Gasteiger partial charge in [0.15, 0.2) is 0 Å². The van der Waals surface area contributed by atoms with Gasteiger partial charge < -0.3 is 20.4 Å². The Hall–Kier alpha value is -4.70. The van der Waals surface area contributed by atoms with E-state index in [1.54, 1.807) is 54.9 Å². The van der Waals surface area contributed by atoms with Crippen molar-refractivity contribution in [2.24, 2.45) is 0 Å². The van der Waals surface area contributed by atoms with Crippen LogP contribution in [0.4, 0.5) is 0 Å². The maximum atomic E-state index is 12.3. The largest absolute Gasteiger partial charge is 0.439 e. The fourth-order valence-electron chi connectivity index (χ4n) is 3.83. The van der Waals surface area contributed by atoms with Gasteiger partial charge in [-0.3, -0.25) is 19.4 Å². The molecule has 0 saturated carbocycles. The van der Waals surface area contributed by atoms with Crippen LogP contribution in [0.2, 0.25) is 15.1 Å². The summed E-state index contributed by atoms with van der Waals surface area (Å²) in [5.41, 5.74) is 3.39. The van der Waals surface area contributed by atoms with Crippen molar-refractivity contribution in [3.05, 3.63) is 151 Å². The van der Waals surface area contributed by atoms with Crippen molar-refractivity contribution >= 4 is 46.6 Å². The zero-order valence-corrected chi connectivity index (χ0v) is 26.3. The fourth-order valence-corrected chi connectivity index (χ4v) is 4.57. The lowest BCUT2D eigenvalue weighted by Gasteiger charge is -2.09. The van der Waals surface area contributed by atoms with Crippen LogP contribution in [0.1, 0.15) is 44.3 Å². The summed E-state index contributed by atoms with van der Waals surface area (Å²) in [6.07, 6.45) is 7.03. The number of halogens is 3. The Labute approximate surface area is 274 Å². The molecule has 3 aromatic heterocycles. The van der Waals surface area contributed by atoms with Gasteiger partial charge in [0, 0.05) is 65.1 Å². The Morgan fingerprint density at radius 1 is 0.800 bits per heavy atom. The van der Waals surface area contributed by atoms with Gasteiger partial charge in [-0.25, -0.2) is 4.98 Å². The van der Waals surface area contributed by atoms with E-state index in [0.29, 0.717) is 44.4 Å². The summed E-state index contributed by atoms with van der Waals surface area (Å²) in [4.78, 5) is 45.5. The topological polar surface area (TPSA) is 126 Å². The second-order valence-electron chi connectivity index (χ2n) is 9.49. The molecule has 0 fully saturated rings. The van der Waals surface area contributed by atoms with Gasteiger partial charge in [-0.05, 0) is 65.6 Å². The van der Waals surface area contributed by atoms with E-state index in [0.717, 1.165) is 17.5 Å². The van der Waals surface area contributed by atoms with Gasteiger partial charge in [-0.2, -0.15) is 0 Å². The zero-order valence-electron chi connectivity index (χ0n) is 24.0. The maximum Gasteiger partial charge on any atom is 0.253 e. The zero-order chi connectivity index (χ0) is 32.2. The predicted octanol–water partition coefficient (Wildman–Crippen LogP) is 7.03. The summed E-state index contributed by atoms with van der Waals surface area (Å²) in [5, 5.41) is 7.25. The molecule has 0 saturated heterocycles. The summed E-state index contributed by atoms with van der Waals surface area (Å²) in [6, 6.07) is 20.5. The third-order valence-corrected chi connectivity index (χ3v) is 7.28. The molecule has 3 N–H and O–H groups in total. The molecule has 5 aromatic rings. The average Bonchev–Trinajstić information content (AvgIpc) is 3.05. The molecule has 0 aliphatic carbocycles. The molecular weight excluding hydrogens is 637 g/mol. The first-order valence-corrected chi connectivity index (χ1v) is 14.9. The molecule has 0 aliphatic rings. The number of nitrogens with zero attached hydrogens (tertiary/aromatic N) is 2. The SMILES string of the molecule is CCc1ccc(CNC(=O)c2ccc(Oc3ccncc3)nc2)c(Cl)c1.O=C(NCc1ccc(Cl)cc1Cl)c1ccc(=O)[nH]c1. The first kappa shape index (κ1) is 33.2. The van der Waals surface area contributed by atoms with E-state index >= 15 is 0 Å². The lowest BCUT2D eigenvalue weighted by atomic mass is 10.1. The van der Waals surface area contributed by atoms with E-state index in [9.17, 15) is 14.4 Å². The van der Waals surface area contributed by atoms with Gasteiger partial charge in [-0.15, -0.1) is 0 Å². The first-order chi connectivity index (χ1) is 21.7. The van der Waals surface area contributed by atoms with Gasteiger partial charge in [0.2, 0.25) is 11.4 Å². The number of carbonyl (C=O) groups excluding carboxylic acids is 2. The van der Waals surface area contributed by atoms with Gasteiger partial charge in [0.25, 0.3) is 11.8 Å². The lowest BCUT2D eigenvalue weighted by Crippen LogP contribution is -2.23. The van der Waals surface area contributed by atoms with Crippen molar-refractivity contribution in [3.8, 4) is 11.6 Å². The number of amides is 2. The Kier molecular flexibility index (Phi) is 12.1. The molecule has 3 heterocycles. The highest BCUT2D eigenvalue weighted by Crippen LogP contribution is 2.21. The Bertz CT molecular complexity index is 1800. The van der Waals surface area contributed by atoms with Crippen molar-refractivity contribution in [1.29, 1.82) is 0 Å². The molecule has 0 aliphatic heterocycles. The number of hydrogen-bond donors (Lipinski definition) is 3. The monoisotopic (exact) mass is 663 g/mol. The minimum Gasteiger partial charge on any atom is -0.439 e. The number of H-pyrrole nitrogens is 1. The van der Waals surface area contributed by atoms with E-state index in [-0.39, 0.29) is 23.9 Å². The molecule has 5 rings (SSSR count). The summed E-state index contributed by atoms with van der Waals surface area (Å²) >= 11 is 18.0. The van der Waals surface area contributed by atoms with Crippen molar-refractivity contribution in [2.75, 3.05) is 0 Å². The van der Waals surface area contributed by atoms with Crippen LogP contribution in [-0.4, -0.2) is 26.8 Å². The van der Waals surface area contributed by atoms with Crippen LogP contribution in [0.5, 0.6) is 11.6 Å². The highest BCUT2D eigenvalue weighted by molar-refractivity contribution is 6.35. The Balaban J connectivity index is 0.000000215. The average molecular weight is 665 g/mol. The fraction of sp³-hybridized carbons (Fsp3) is 0.121. The van der Waals surface area contributed by atoms with Gasteiger partial charge in [0.05, 0.1) is 11.1 Å². The molecule has 45 heavy (non-hydrogen) atoms. The standard InChI is InChI=1S/C20H18ClN3O2.C13H10Cl2N2O2/c1-2-14-3-4-15(18(21)11-14)12-24-20(25)16-5-6-19(23-13-16)26-17-7-9-22-10-8-17;14-10-3-1-8(11(15)5-10)6-17-13(19)9-2-4-12(18)16-7-9/h3-11,13H,2,12H2,1H3,(H,24,25);1-5,7H,6H2,(H,16,18)(H,17,19).